The smallest absolute Gasteiger partial charge is 0.262 e. The second kappa shape index (κ2) is 10.6. The van der Waals surface area contributed by atoms with Crippen molar-refractivity contribution < 1.29 is 14.4 Å². The van der Waals surface area contributed by atoms with E-state index in [4.69, 9.17) is 5.73 Å². The Balaban J connectivity index is 1.46. The first kappa shape index (κ1) is 33.1. The van der Waals surface area contributed by atoms with Crippen LogP contribution in [0.3, 0.4) is 0 Å². The maximum absolute atomic E-state index is 14.8. The molecule has 5 aliphatic rings. The maximum Gasteiger partial charge on any atom is 0.262 e. The number of ketones is 2. The Bertz CT molecular complexity index is 1750. The highest BCUT2D eigenvalue weighted by molar-refractivity contribution is 6.03. The number of aryl methyl sites for hydroxylation is 1. The average Bonchev–Trinajstić information content (AvgIpc) is 3.00. The number of allylic oxidation sites excluding steroid dienone is 4. The standard InChI is InChI=1S/C40H48N4O3/c1-24-8-10-26(11-9-24)18-27(21-41)34(47)44-39-16-14-35(3,4)23-40(39,43)33-30(45)19-31-36(5)20-28(22-42)32(46)25(2)29(36)12-13-37(31,6)38(33,7)15-17-39/h8-11,18-20,25,29,33H,12-17,23,43H2,1-7H3,(H,44,47)/b27-18+/t25?,29?,33?,36?,37?,38-,39?,40?/m1/s1. The Morgan fingerprint density at radius 2 is 1.66 bits per heavy atom. The van der Waals surface area contributed by atoms with Crippen LogP contribution in [0.5, 0.6) is 0 Å². The molecule has 0 aliphatic heterocycles. The van der Waals surface area contributed by atoms with Crippen molar-refractivity contribution in [3.63, 3.8) is 0 Å². The molecule has 0 aromatic heterocycles. The molecule has 0 saturated heterocycles. The molecule has 5 aliphatic carbocycles. The molecular formula is C40H48N4O3. The quantitative estimate of drug-likeness (QED) is 0.282. The summed E-state index contributed by atoms with van der Waals surface area (Å²) in [6.45, 7) is 14.9. The molecule has 0 spiro atoms. The van der Waals surface area contributed by atoms with Crippen molar-refractivity contribution in [2.75, 3.05) is 0 Å². The minimum Gasteiger partial charge on any atom is -0.344 e. The normalized spacial score (nSPS) is 40.6. The number of nitrogens with two attached hydrogens (primary N) is 1. The highest BCUT2D eigenvalue weighted by Gasteiger charge is 2.73. The molecule has 7 unspecified atom stereocenters. The van der Waals surface area contributed by atoms with E-state index in [1.807, 2.05) is 50.3 Å². The first-order chi connectivity index (χ1) is 21.9. The molecule has 246 valence electrons. The third-order valence-electron chi connectivity index (χ3n) is 13.8. The van der Waals surface area contributed by atoms with Crippen LogP contribution in [0, 0.1) is 69.0 Å². The molecule has 8 atom stereocenters. The fourth-order valence-corrected chi connectivity index (χ4v) is 11.1. The molecular weight excluding hydrogens is 584 g/mol. The summed E-state index contributed by atoms with van der Waals surface area (Å²) in [6, 6.07) is 11.9. The number of carbonyl (C=O) groups excluding carboxylic acids is 3. The van der Waals surface area contributed by atoms with E-state index in [1.165, 1.54) is 0 Å². The molecule has 47 heavy (non-hydrogen) atoms. The fraction of sp³-hybridized carbons (Fsp3) is 0.575. The van der Waals surface area contributed by atoms with E-state index in [-0.39, 0.29) is 40.0 Å². The summed E-state index contributed by atoms with van der Waals surface area (Å²) in [5.74, 6) is -1.46. The summed E-state index contributed by atoms with van der Waals surface area (Å²) in [7, 11) is 0. The number of nitriles is 2. The number of carbonyl (C=O) groups is 3. The number of hydrogen-bond acceptors (Lipinski definition) is 6. The van der Waals surface area contributed by atoms with Crippen LogP contribution in [0.25, 0.3) is 6.08 Å². The Morgan fingerprint density at radius 3 is 2.30 bits per heavy atom. The van der Waals surface area contributed by atoms with E-state index in [2.05, 4.69) is 52.1 Å². The number of fused-ring (bicyclic) bond motifs is 7. The van der Waals surface area contributed by atoms with Crippen molar-refractivity contribution in [2.45, 2.75) is 104 Å². The summed E-state index contributed by atoms with van der Waals surface area (Å²) in [6.07, 6.45) is 10.2. The predicted molar refractivity (Wildman–Crippen MR) is 181 cm³/mol. The molecule has 3 fully saturated rings. The number of hydrogen-bond donors (Lipinski definition) is 2. The Hall–Kier alpha value is -3.81. The van der Waals surface area contributed by atoms with Gasteiger partial charge in [-0.05, 0) is 91.7 Å². The van der Waals surface area contributed by atoms with Crippen LogP contribution in [0.4, 0.5) is 0 Å². The van der Waals surface area contributed by atoms with Crippen molar-refractivity contribution in [3.05, 3.63) is 64.3 Å². The summed E-state index contributed by atoms with van der Waals surface area (Å²) in [4.78, 5) is 41.9. The molecule has 3 saturated carbocycles. The number of amides is 1. The largest absolute Gasteiger partial charge is 0.344 e. The third kappa shape index (κ3) is 4.56. The van der Waals surface area contributed by atoms with Gasteiger partial charge in [0.25, 0.3) is 5.91 Å². The van der Waals surface area contributed by atoms with Gasteiger partial charge in [-0.3, -0.25) is 14.4 Å². The molecule has 0 radical (unpaired) electrons. The zero-order valence-corrected chi connectivity index (χ0v) is 28.9. The van der Waals surface area contributed by atoms with Gasteiger partial charge in [-0.2, -0.15) is 10.5 Å². The van der Waals surface area contributed by atoms with Crippen molar-refractivity contribution >= 4 is 23.5 Å². The first-order valence-electron chi connectivity index (χ1n) is 17.1. The number of benzene rings is 1. The van der Waals surface area contributed by atoms with Gasteiger partial charge in [-0.15, -0.1) is 0 Å². The lowest BCUT2D eigenvalue weighted by Crippen LogP contribution is -2.81. The minimum atomic E-state index is -1.06. The lowest BCUT2D eigenvalue weighted by Gasteiger charge is -2.71. The van der Waals surface area contributed by atoms with Gasteiger partial charge in [0.15, 0.2) is 11.6 Å². The highest BCUT2D eigenvalue weighted by atomic mass is 16.2. The SMILES string of the molecule is Cc1ccc(/C=C(\C#N)C(=O)NC23CCC(C)(C)CC2(N)C2C(=O)C=C4C5(C)C=C(C#N)C(=O)C(C)C5CCC4(C)[C@]2(C)CC3)cc1. The van der Waals surface area contributed by atoms with Gasteiger partial charge < -0.3 is 11.1 Å². The van der Waals surface area contributed by atoms with Crippen molar-refractivity contribution in [1.82, 2.24) is 5.32 Å². The lowest BCUT2D eigenvalue weighted by molar-refractivity contribution is -0.167. The van der Waals surface area contributed by atoms with Crippen LogP contribution in [0.1, 0.15) is 97.6 Å². The number of rotatable bonds is 3. The number of nitrogens with zero attached hydrogens (tertiary/aromatic N) is 2. The molecule has 3 N–H and O–H groups in total. The fourth-order valence-electron chi connectivity index (χ4n) is 11.1. The monoisotopic (exact) mass is 632 g/mol. The molecule has 6 rings (SSSR count). The lowest BCUT2D eigenvalue weighted by atomic mass is 9.34. The second-order valence-corrected chi connectivity index (χ2v) is 16.9. The Kier molecular flexibility index (Phi) is 7.46. The van der Waals surface area contributed by atoms with Crippen LogP contribution >= 0.6 is 0 Å². The van der Waals surface area contributed by atoms with Crippen LogP contribution in [0.2, 0.25) is 0 Å². The molecule has 7 nitrogen and oxygen atoms in total. The van der Waals surface area contributed by atoms with Gasteiger partial charge in [0, 0.05) is 17.3 Å². The van der Waals surface area contributed by atoms with Gasteiger partial charge in [0.1, 0.15) is 17.7 Å². The predicted octanol–water partition coefficient (Wildman–Crippen LogP) is 6.68. The van der Waals surface area contributed by atoms with Gasteiger partial charge in [0.05, 0.1) is 16.7 Å². The topological polar surface area (TPSA) is 137 Å². The molecule has 1 amide bonds. The number of Topliss-reactive ketones (excluding diaryl/α,β-unsaturated/α-hetero) is 1. The van der Waals surface area contributed by atoms with Crippen LogP contribution in [0.15, 0.2) is 53.1 Å². The average molecular weight is 633 g/mol. The van der Waals surface area contributed by atoms with Gasteiger partial charge in [-0.1, -0.05) is 83.0 Å². The van der Waals surface area contributed by atoms with E-state index < -0.39 is 39.1 Å². The maximum atomic E-state index is 14.8. The summed E-state index contributed by atoms with van der Waals surface area (Å²) in [5.41, 5.74) is 7.16. The van der Waals surface area contributed by atoms with Crippen molar-refractivity contribution in [1.29, 1.82) is 10.5 Å². The number of nitrogens with one attached hydrogen (secondary N) is 1. The highest BCUT2D eigenvalue weighted by Crippen LogP contribution is 2.72. The van der Waals surface area contributed by atoms with Gasteiger partial charge in [-0.25, -0.2) is 0 Å². The molecule has 7 heteroatoms. The van der Waals surface area contributed by atoms with Crippen molar-refractivity contribution in [3.8, 4) is 12.1 Å². The second-order valence-electron chi connectivity index (χ2n) is 16.9. The first-order valence-corrected chi connectivity index (χ1v) is 17.1. The zero-order chi connectivity index (χ0) is 34.4. The zero-order valence-electron chi connectivity index (χ0n) is 28.9. The van der Waals surface area contributed by atoms with E-state index in [0.717, 1.165) is 36.0 Å². The molecule has 0 bridgehead atoms. The third-order valence-corrected chi connectivity index (χ3v) is 13.8. The van der Waals surface area contributed by atoms with Gasteiger partial charge >= 0.3 is 0 Å². The summed E-state index contributed by atoms with van der Waals surface area (Å²) >= 11 is 0. The van der Waals surface area contributed by atoms with E-state index in [9.17, 15) is 24.9 Å². The Morgan fingerprint density at radius 1 is 1.00 bits per heavy atom. The summed E-state index contributed by atoms with van der Waals surface area (Å²) in [5, 5.41) is 23.3. The van der Waals surface area contributed by atoms with Crippen LogP contribution < -0.4 is 11.1 Å². The molecule has 1 aromatic rings. The van der Waals surface area contributed by atoms with E-state index in [0.29, 0.717) is 25.7 Å². The van der Waals surface area contributed by atoms with Gasteiger partial charge in [0.2, 0.25) is 0 Å². The van der Waals surface area contributed by atoms with Crippen molar-refractivity contribution in [2.24, 2.45) is 45.1 Å². The summed E-state index contributed by atoms with van der Waals surface area (Å²) < 4.78 is 0. The van der Waals surface area contributed by atoms with E-state index in [1.54, 1.807) is 6.08 Å². The Labute approximate surface area is 279 Å². The minimum absolute atomic E-state index is 0.00603. The molecule has 1 aromatic carbocycles. The van der Waals surface area contributed by atoms with Crippen LogP contribution in [-0.4, -0.2) is 28.6 Å². The molecule has 0 heterocycles. The van der Waals surface area contributed by atoms with Crippen LogP contribution in [-0.2, 0) is 14.4 Å². The van der Waals surface area contributed by atoms with E-state index >= 15 is 0 Å².